The van der Waals surface area contributed by atoms with Crippen LogP contribution in [0.3, 0.4) is 0 Å². The summed E-state index contributed by atoms with van der Waals surface area (Å²) in [5, 5.41) is 3.07. The summed E-state index contributed by atoms with van der Waals surface area (Å²) in [5.41, 5.74) is 10.1. The Labute approximate surface area is 69.6 Å². The summed E-state index contributed by atoms with van der Waals surface area (Å²) in [7, 11) is 0. The average Bonchev–Trinajstić information content (AvgIpc) is 2.17. The lowest BCUT2D eigenvalue weighted by molar-refractivity contribution is -0.379. The fourth-order valence-electron chi connectivity index (χ4n) is 1.13. The van der Waals surface area contributed by atoms with Crippen LogP contribution in [0.2, 0.25) is 0 Å². The maximum absolute atomic E-state index is 8.61. The van der Waals surface area contributed by atoms with E-state index in [2.05, 4.69) is 10.1 Å². The number of aromatic nitrogens is 1. The number of nitrogens with zero attached hydrogens (tertiary/aromatic N) is 2. The Balaban J connectivity index is 2.75. The Hall–Kier alpha value is -1.77. The third-order valence-electron chi connectivity index (χ3n) is 1.72. The number of rotatable bonds is 1. The fourth-order valence-corrected chi connectivity index (χ4v) is 1.13. The smallest absolute Gasteiger partial charge is 0.211 e. The van der Waals surface area contributed by atoms with Gasteiger partial charge in [0.1, 0.15) is 0 Å². The van der Waals surface area contributed by atoms with Gasteiger partial charge in [0.25, 0.3) is 0 Å². The van der Waals surface area contributed by atoms with Gasteiger partial charge in [-0.15, -0.1) is 0 Å². The molecule has 3 nitrogen and oxygen atoms in total. The lowest BCUT2D eigenvalue weighted by Crippen LogP contribution is -2.54. The molecule has 0 saturated heterocycles. The third-order valence-corrected chi connectivity index (χ3v) is 1.72. The second-order valence-corrected chi connectivity index (χ2v) is 2.53. The zero-order valence-corrected chi connectivity index (χ0v) is 6.36. The molecule has 58 valence electrons. The summed E-state index contributed by atoms with van der Waals surface area (Å²) >= 11 is 0. The van der Waals surface area contributed by atoms with Crippen LogP contribution in [0.4, 0.5) is 5.69 Å². The Morgan fingerprint density at radius 2 is 2.08 bits per heavy atom. The first-order chi connectivity index (χ1) is 5.90. The lowest BCUT2D eigenvalue weighted by atomic mass is 10.2. The number of nitrogens with one attached hydrogen (secondary N) is 1. The molecule has 0 atom stereocenters. The molecule has 1 aromatic carbocycles. The van der Waals surface area contributed by atoms with Crippen molar-refractivity contribution in [3.05, 3.63) is 42.1 Å². The maximum atomic E-state index is 8.61. The van der Waals surface area contributed by atoms with E-state index in [1.54, 1.807) is 6.20 Å². The molecule has 0 spiro atoms. The molecule has 0 radical (unpaired) electrons. The Kier molecular flexibility index (Phi) is 1.55. The molecule has 0 saturated carbocycles. The van der Waals surface area contributed by atoms with Crippen LogP contribution in [-0.4, -0.2) is 4.98 Å². The Morgan fingerprint density at radius 1 is 1.25 bits per heavy atom. The van der Waals surface area contributed by atoms with E-state index in [1.807, 2.05) is 30.3 Å². The standard InChI is InChI=1S/C9H7N3/c10-12-8-5-7-3-1-2-4-9(7)11-6-8/h1-6,12H. The van der Waals surface area contributed by atoms with Crippen molar-refractivity contribution < 1.29 is 5.11 Å². The SMILES string of the molecule is [N-]=[NH+]c1cnc2ccccc2c1. The molecule has 0 aliphatic rings. The van der Waals surface area contributed by atoms with Crippen LogP contribution in [0.5, 0.6) is 0 Å². The van der Waals surface area contributed by atoms with E-state index in [0.29, 0.717) is 5.69 Å². The first-order valence-electron chi connectivity index (χ1n) is 3.65. The minimum atomic E-state index is 0.605. The van der Waals surface area contributed by atoms with E-state index >= 15 is 0 Å². The molecule has 2 aromatic rings. The average molecular weight is 157 g/mol. The first-order valence-corrected chi connectivity index (χ1v) is 3.65. The van der Waals surface area contributed by atoms with Gasteiger partial charge in [-0.05, 0) is 6.07 Å². The second-order valence-electron chi connectivity index (χ2n) is 2.53. The van der Waals surface area contributed by atoms with Crippen LogP contribution in [-0.2, 0) is 0 Å². The predicted molar refractivity (Wildman–Crippen MR) is 45.7 cm³/mol. The number of fused-ring (bicyclic) bond motifs is 1. The van der Waals surface area contributed by atoms with Gasteiger partial charge in [0.15, 0.2) is 0 Å². The van der Waals surface area contributed by atoms with Gasteiger partial charge in [0, 0.05) is 11.5 Å². The van der Waals surface area contributed by atoms with Gasteiger partial charge in [-0.2, -0.15) is 0 Å². The van der Waals surface area contributed by atoms with Gasteiger partial charge in [0.2, 0.25) is 5.69 Å². The van der Waals surface area contributed by atoms with Crippen molar-refractivity contribution in [3.8, 4) is 0 Å². The largest absolute Gasteiger partial charge is 0.502 e. The van der Waals surface area contributed by atoms with Gasteiger partial charge in [-0.25, -0.2) is 4.98 Å². The molecule has 1 heterocycles. The highest BCUT2D eigenvalue weighted by Gasteiger charge is 1.96. The first kappa shape index (κ1) is 6.91. The van der Waals surface area contributed by atoms with E-state index in [-0.39, 0.29) is 0 Å². The number of pyridine rings is 1. The molecule has 3 heteroatoms. The minimum Gasteiger partial charge on any atom is -0.502 e. The predicted octanol–water partition coefficient (Wildman–Crippen LogP) is 0.968. The molecule has 2 rings (SSSR count). The molecule has 0 aliphatic carbocycles. The lowest BCUT2D eigenvalue weighted by Gasteiger charge is -1.94. The zero-order chi connectivity index (χ0) is 8.39. The summed E-state index contributed by atoms with van der Waals surface area (Å²) < 4.78 is 0. The molecule has 0 fully saturated rings. The molecule has 1 aromatic heterocycles. The van der Waals surface area contributed by atoms with Crippen molar-refractivity contribution in [2.45, 2.75) is 0 Å². The van der Waals surface area contributed by atoms with Crippen LogP contribution in [0.1, 0.15) is 0 Å². The monoisotopic (exact) mass is 157 g/mol. The second kappa shape index (κ2) is 2.70. The van der Waals surface area contributed by atoms with Crippen molar-refractivity contribution >= 4 is 16.6 Å². The van der Waals surface area contributed by atoms with Crippen LogP contribution in [0, 0.1) is 0 Å². The summed E-state index contributed by atoms with van der Waals surface area (Å²) in [4.78, 5) is 4.13. The normalized spacial score (nSPS) is 10.0. The fraction of sp³-hybridized carbons (Fsp3) is 0. The van der Waals surface area contributed by atoms with E-state index in [0.717, 1.165) is 10.9 Å². The number of para-hydroxylation sites is 1. The van der Waals surface area contributed by atoms with E-state index < -0.39 is 0 Å². The zero-order valence-electron chi connectivity index (χ0n) is 6.36. The van der Waals surface area contributed by atoms with Crippen molar-refractivity contribution in [2.75, 3.05) is 0 Å². The van der Waals surface area contributed by atoms with Gasteiger partial charge < -0.3 is 5.53 Å². The molecule has 0 aliphatic heterocycles. The van der Waals surface area contributed by atoms with E-state index in [1.165, 1.54) is 0 Å². The molecule has 0 amide bonds. The Bertz CT molecular complexity index is 423. The Morgan fingerprint density at radius 3 is 2.92 bits per heavy atom. The maximum Gasteiger partial charge on any atom is 0.211 e. The van der Waals surface area contributed by atoms with Gasteiger partial charge in [0.05, 0.1) is 11.7 Å². The van der Waals surface area contributed by atoms with Crippen molar-refractivity contribution in [1.82, 2.24) is 4.98 Å². The summed E-state index contributed by atoms with van der Waals surface area (Å²) in [6, 6.07) is 9.58. The van der Waals surface area contributed by atoms with E-state index in [9.17, 15) is 0 Å². The highest BCUT2D eigenvalue weighted by atomic mass is 15.0. The summed E-state index contributed by atoms with van der Waals surface area (Å²) in [5.74, 6) is 0. The van der Waals surface area contributed by atoms with E-state index in [4.69, 9.17) is 5.53 Å². The quantitative estimate of drug-likeness (QED) is 0.616. The van der Waals surface area contributed by atoms with Gasteiger partial charge in [-0.1, -0.05) is 18.2 Å². The number of hydrogen-bond acceptors (Lipinski definition) is 1. The number of benzene rings is 1. The van der Waals surface area contributed by atoms with Crippen LogP contribution < -0.4 is 5.11 Å². The van der Waals surface area contributed by atoms with Gasteiger partial charge >= 0.3 is 0 Å². The van der Waals surface area contributed by atoms with Gasteiger partial charge in [-0.3, -0.25) is 5.11 Å². The van der Waals surface area contributed by atoms with Crippen LogP contribution in [0.15, 0.2) is 36.5 Å². The topological polar surface area (TPSA) is 49.2 Å². The van der Waals surface area contributed by atoms with Crippen molar-refractivity contribution in [3.63, 3.8) is 0 Å². The molecule has 0 bridgehead atoms. The highest BCUT2D eigenvalue weighted by Crippen LogP contribution is 2.12. The molecule has 12 heavy (non-hydrogen) atoms. The molecule has 1 N–H and O–H groups in total. The van der Waals surface area contributed by atoms with Crippen molar-refractivity contribution in [2.24, 2.45) is 0 Å². The van der Waals surface area contributed by atoms with Crippen molar-refractivity contribution in [1.29, 1.82) is 0 Å². The minimum absolute atomic E-state index is 0.605. The molecule has 0 unspecified atom stereocenters. The molecular formula is C9H7N3. The third kappa shape index (κ3) is 1.05. The molecular weight excluding hydrogens is 150 g/mol. The number of hydrogen-bond donors (Lipinski definition) is 1. The summed E-state index contributed by atoms with van der Waals surface area (Å²) in [6.45, 7) is 0. The van der Waals surface area contributed by atoms with Crippen LogP contribution in [0.25, 0.3) is 16.4 Å². The highest BCUT2D eigenvalue weighted by molar-refractivity contribution is 5.79. The summed E-state index contributed by atoms with van der Waals surface area (Å²) in [6.07, 6.45) is 1.59. The van der Waals surface area contributed by atoms with Crippen LogP contribution >= 0.6 is 0 Å².